The van der Waals surface area contributed by atoms with Gasteiger partial charge < -0.3 is 15.5 Å². The molecular formula is C9H10ClNO3. The zero-order valence-electron chi connectivity index (χ0n) is 7.27. The molecule has 3 N–H and O–H groups in total. The number of aliphatic carboxylic acids is 1. The molecule has 0 unspecified atom stereocenters. The third-order valence-electron chi connectivity index (χ3n) is 1.65. The number of aliphatic hydroxyl groups excluding tert-OH is 1. The Morgan fingerprint density at radius 2 is 2.29 bits per heavy atom. The number of nitrogens with one attached hydrogen (secondary N) is 1. The first kappa shape index (κ1) is 10.8. The Hall–Kier alpha value is -1.26. The SMILES string of the molecule is O=C(O)[C@H](CO)Nc1cccc(Cl)c1. The maximum Gasteiger partial charge on any atom is 0.328 e. The molecule has 5 heteroatoms. The molecule has 0 radical (unpaired) electrons. The van der Waals surface area contributed by atoms with Crippen molar-refractivity contribution in [2.24, 2.45) is 0 Å². The third-order valence-corrected chi connectivity index (χ3v) is 1.88. The number of carboxylic acids is 1. The van der Waals surface area contributed by atoms with Gasteiger partial charge >= 0.3 is 5.97 Å². The Bertz CT molecular complexity index is 330. The second-order valence-corrected chi connectivity index (χ2v) is 3.16. The van der Waals surface area contributed by atoms with Crippen LogP contribution in [0.4, 0.5) is 5.69 Å². The molecule has 1 rings (SSSR count). The molecule has 0 aliphatic carbocycles. The molecule has 4 nitrogen and oxygen atoms in total. The highest BCUT2D eigenvalue weighted by Gasteiger charge is 2.15. The topological polar surface area (TPSA) is 69.6 Å². The van der Waals surface area contributed by atoms with Gasteiger partial charge in [0.1, 0.15) is 6.04 Å². The van der Waals surface area contributed by atoms with Crippen LogP contribution < -0.4 is 5.32 Å². The van der Waals surface area contributed by atoms with Crippen LogP contribution in [0.1, 0.15) is 0 Å². The summed E-state index contributed by atoms with van der Waals surface area (Å²) in [4.78, 5) is 10.6. The molecule has 0 aliphatic rings. The molecule has 0 heterocycles. The van der Waals surface area contributed by atoms with E-state index < -0.39 is 18.6 Å². The summed E-state index contributed by atoms with van der Waals surface area (Å²) in [5, 5.41) is 20.5. The van der Waals surface area contributed by atoms with Crippen molar-refractivity contribution in [1.82, 2.24) is 0 Å². The molecule has 76 valence electrons. The van der Waals surface area contributed by atoms with Gasteiger partial charge in [-0.1, -0.05) is 17.7 Å². The molecule has 0 spiro atoms. The lowest BCUT2D eigenvalue weighted by atomic mass is 10.2. The summed E-state index contributed by atoms with van der Waals surface area (Å²) in [6.45, 7) is -0.470. The van der Waals surface area contributed by atoms with Gasteiger partial charge in [0.2, 0.25) is 0 Å². The average molecular weight is 216 g/mol. The number of halogens is 1. The van der Waals surface area contributed by atoms with E-state index in [2.05, 4.69) is 5.32 Å². The third kappa shape index (κ3) is 2.90. The van der Waals surface area contributed by atoms with Gasteiger partial charge in [-0.2, -0.15) is 0 Å². The Kier molecular flexibility index (Phi) is 3.73. The van der Waals surface area contributed by atoms with Crippen LogP contribution in [-0.4, -0.2) is 28.8 Å². The van der Waals surface area contributed by atoms with Gasteiger partial charge in [0.25, 0.3) is 0 Å². The van der Waals surface area contributed by atoms with Crippen molar-refractivity contribution in [2.45, 2.75) is 6.04 Å². The van der Waals surface area contributed by atoms with Gasteiger partial charge in [-0.05, 0) is 18.2 Å². The number of aliphatic hydroxyl groups is 1. The van der Waals surface area contributed by atoms with E-state index in [1.165, 1.54) is 0 Å². The standard InChI is InChI=1S/C9H10ClNO3/c10-6-2-1-3-7(4-6)11-8(5-12)9(13)14/h1-4,8,11-12H,5H2,(H,13,14)/t8-/m0/s1. The summed E-state index contributed by atoms with van der Waals surface area (Å²) >= 11 is 5.70. The maximum absolute atomic E-state index is 10.6. The number of rotatable bonds is 4. The molecule has 1 atom stereocenters. The first-order valence-corrected chi connectivity index (χ1v) is 4.37. The van der Waals surface area contributed by atoms with E-state index in [9.17, 15) is 4.79 Å². The van der Waals surface area contributed by atoms with E-state index >= 15 is 0 Å². The van der Waals surface area contributed by atoms with Gasteiger partial charge in [-0.25, -0.2) is 4.79 Å². The molecule has 0 saturated heterocycles. The predicted molar refractivity (Wildman–Crippen MR) is 53.6 cm³/mol. The van der Waals surface area contributed by atoms with Crippen LogP contribution in [0.5, 0.6) is 0 Å². The first-order valence-electron chi connectivity index (χ1n) is 3.99. The zero-order chi connectivity index (χ0) is 10.6. The van der Waals surface area contributed by atoms with Crippen molar-refractivity contribution in [3.63, 3.8) is 0 Å². The second-order valence-electron chi connectivity index (χ2n) is 2.73. The van der Waals surface area contributed by atoms with Crippen LogP contribution in [-0.2, 0) is 4.79 Å². The van der Waals surface area contributed by atoms with Crippen molar-refractivity contribution in [3.05, 3.63) is 29.3 Å². The van der Waals surface area contributed by atoms with Crippen LogP contribution in [0.2, 0.25) is 5.02 Å². The summed E-state index contributed by atoms with van der Waals surface area (Å²) in [7, 11) is 0. The predicted octanol–water partition coefficient (Wildman–Crippen LogP) is 1.20. The van der Waals surface area contributed by atoms with E-state index in [0.29, 0.717) is 10.7 Å². The number of carboxylic acid groups (broad SMARTS) is 1. The fraction of sp³-hybridized carbons (Fsp3) is 0.222. The Morgan fingerprint density at radius 1 is 1.57 bits per heavy atom. The van der Waals surface area contributed by atoms with Crippen molar-refractivity contribution < 1.29 is 15.0 Å². The van der Waals surface area contributed by atoms with Crippen LogP contribution >= 0.6 is 11.6 Å². The second kappa shape index (κ2) is 4.83. The lowest BCUT2D eigenvalue weighted by Gasteiger charge is -2.12. The number of benzene rings is 1. The van der Waals surface area contributed by atoms with Crippen molar-refractivity contribution in [1.29, 1.82) is 0 Å². The van der Waals surface area contributed by atoms with Crippen LogP contribution in [0, 0.1) is 0 Å². The van der Waals surface area contributed by atoms with Crippen molar-refractivity contribution in [3.8, 4) is 0 Å². The zero-order valence-corrected chi connectivity index (χ0v) is 8.03. The van der Waals surface area contributed by atoms with E-state index in [4.69, 9.17) is 21.8 Å². The molecule has 0 amide bonds. The summed E-state index contributed by atoms with van der Waals surface area (Å²) in [6, 6.07) is 5.64. The molecule has 1 aromatic rings. The maximum atomic E-state index is 10.6. The number of hydrogen-bond donors (Lipinski definition) is 3. The number of hydrogen-bond acceptors (Lipinski definition) is 3. The number of carbonyl (C=O) groups is 1. The number of anilines is 1. The lowest BCUT2D eigenvalue weighted by Crippen LogP contribution is -2.32. The Balaban J connectivity index is 2.72. The van der Waals surface area contributed by atoms with Crippen molar-refractivity contribution >= 4 is 23.3 Å². The average Bonchev–Trinajstić information content (AvgIpc) is 2.14. The van der Waals surface area contributed by atoms with Gasteiger partial charge in [0.05, 0.1) is 6.61 Å². The molecule has 14 heavy (non-hydrogen) atoms. The van der Waals surface area contributed by atoms with Crippen molar-refractivity contribution in [2.75, 3.05) is 11.9 Å². The monoisotopic (exact) mass is 215 g/mol. The highest BCUT2D eigenvalue weighted by Crippen LogP contribution is 2.15. The highest BCUT2D eigenvalue weighted by atomic mass is 35.5. The summed E-state index contributed by atoms with van der Waals surface area (Å²) in [5.41, 5.74) is 0.568. The summed E-state index contributed by atoms with van der Waals surface area (Å²) in [6.07, 6.45) is 0. The molecular weight excluding hydrogens is 206 g/mol. The molecule has 0 aliphatic heterocycles. The van der Waals surface area contributed by atoms with E-state index in [1.807, 2.05) is 0 Å². The van der Waals surface area contributed by atoms with E-state index in [0.717, 1.165) is 0 Å². The van der Waals surface area contributed by atoms with E-state index in [-0.39, 0.29) is 0 Å². The van der Waals surface area contributed by atoms with Crippen LogP contribution in [0.3, 0.4) is 0 Å². The molecule has 0 fully saturated rings. The summed E-state index contributed by atoms with van der Waals surface area (Å²) in [5.74, 6) is -1.10. The minimum absolute atomic E-state index is 0.470. The van der Waals surface area contributed by atoms with Gasteiger partial charge in [0.15, 0.2) is 0 Å². The first-order chi connectivity index (χ1) is 6.63. The molecule has 1 aromatic carbocycles. The lowest BCUT2D eigenvalue weighted by molar-refractivity contribution is -0.138. The minimum Gasteiger partial charge on any atom is -0.480 e. The Morgan fingerprint density at radius 3 is 2.79 bits per heavy atom. The Labute approximate surface area is 86.1 Å². The summed E-state index contributed by atoms with van der Waals surface area (Å²) < 4.78 is 0. The van der Waals surface area contributed by atoms with Gasteiger partial charge in [-0.3, -0.25) is 0 Å². The van der Waals surface area contributed by atoms with E-state index in [1.54, 1.807) is 24.3 Å². The van der Waals surface area contributed by atoms with Gasteiger partial charge in [0, 0.05) is 10.7 Å². The minimum atomic E-state index is -1.10. The fourth-order valence-corrected chi connectivity index (χ4v) is 1.16. The molecule has 0 bridgehead atoms. The highest BCUT2D eigenvalue weighted by molar-refractivity contribution is 6.30. The fourth-order valence-electron chi connectivity index (χ4n) is 0.965. The smallest absolute Gasteiger partial charge is 0.328 e. The van der Waals surface area contributed by atoms with Gasteiger partial charge in [-0.15, -0.1) is 0 Å². The molecule has 0 aromatic heterocycles. The van der Waals surface area contributed by atoms with Crippen LogP contribution in [0.15, 0.2) is 24.3 Å². The largest absolute Gasteiger partial charge is 0.480 e. The quantitative estimate of drug-likeness (QED) is 0.706. The van der Waals surface area contributed by atoms with Crippen LogP contribution in [0.25, 0.3) is 0 Å². The molecule has 0 saturated carbocycles. The normalized spacial score (nSPS) is 12.1.